The van der Waals surface area contributed by atoms with E-state index in [2.05, 4.69) is 9.26 Å². The minimum Gasteiger partial charge on any atom is -0.387 e. The first kappa shape index (κ1) is 13.0. The molecule has 9 nitrogen and oxygen atoms in total. The molecule has 0 saturated carbocycles. The number of aliphatic hydroxyl groups excluding tert-OH is 4. The summed E-state index contributed by atoms with van der Waals surface area (Å²) < 4.78 is 18.7. The van der Waals surface area contributed by atoms with E-state index in [4.69, 9.17) is 25.1 Å². The summed E-state index contributed by atoms with van der Waals surface area (Å²) in [6.07, 6.45) is -9.31. The van der Waals surface area contributed by atoms with Crippen molar-refractivity contribution in [2.45, 2.75) is 30.9 Å². The van der Waals surface area contributed by atoms with Gasteiger partial charge in [0, 0.05) is 0 Å². The molecule has 1 aliphatic rings. The summed E-state index contributed by atoms with van der Waals surface area (Å²) in [7, 11) is -4.93. The van der Waals surface area contributed by atoms with E-state index in [0.717, 1.165) is 0 Å². The Morgan fingerprint density at radius 2 is 1.53 bits per heavy atom. The fourth-order valence-electron chi connectivity index (χ4n) is 1.05. The molecule has 0 bridgehead atoms. The second-order valence-electron chi connectivity index (χ2n) is 2.96. The first-order chi connectivity index (χ1) is 6.72. The lowest BCUT2D eigenvalue weighted by atomic mass is 10.0. The van der Waals surface area contributed by atoms with Crippen LogP contribution in [0.25, 0.3) is 0 Å². The SMILES string of the molecule is O=P(O)(O)OC1OC(O)C(O)C(O)C1O. The number of aliphatic hydroxyl groups is 4. The lowest BCUT2D eigenvalue weighted by Gasteiger charge is -2.37. The van der Waals surface area contributed by atoms with Gasteiger partial charge in [-0.15, -0.1) is 0 Å². The van der Waals surface area contributed by atoms with Gasteiger partial charge in [-0.25, -0.2) is 4.57 Å². The van der Waals surface area contributed by atoms with Crippen molar-refractivity contribution >= 4 is 7.82 Å². The topological polar surface area (TPSA) is 157 Å². The van der Waals surface area contributed by atoms with Crippen LogP contribution in [-0.4, -0.2) is 61.1 Å². The van der Waals surface area contributed by atoms with Crippen LogP contribution in [0, 0.1) is 0 Å². The minimum atomic E-state index is -4.93. The molecule has 1 heterocycles. The summed E-state index contributed by atoms with van der Waals surface area (Å²) in [5, 5.41) is 36.2. The standard InChI is InChI=1S/C5H11O9P/c6-1-2(7)4(9)13-5(3(1)8)14-15(10,11)12/h1-9H,(H2,10,11,12). The second kappa shape index (κ2) is 4.42. The quantitative estimate of drug-likeness (QED) is 0.277. The molecule has 10 heteroatoms. The lowest BCUT2D eigenvalue weighted by Crippen LogP contribution is -2.57. The van der Waals surface area contributed by atoms with E-state index in [0.29, 0.717) is 0 Å². The van der Waals surface area contributed by atoms with E-state index in [1.54, 1.807) is 0 Å². The second-order valence-corrected chi connectivity index (χ2v) is 4.15. The first-order valence-electron chi connectivity index (χ1n) is 3.84. The van der Waals surface area contributed by atoms with Crippen LogP contribution in [0.15, 0.2) is 0 Å². The van der Waals surface area contributed by atoms with Crippen molar-refractivity contribution in [3.63, 3.8) is 0 Å². The zero-order valence-corrected chi connectivity index (χ0v) is 8.14. The lowest BCUT2D eigenvalue weighted by molar-refractivity contribution is -0.323. The number of hydrogen-bond acceptors (Lipinski definition) is 7. The Morgan fingerprint density at radius 3 is 2.00 bits per heavy atom. The molecule has 0 aromatic carbocycles. The number of phosphoric ester groups is 1. The normalized spacial score (nSPS) is 42.9. The molecule has 1 fully saturated rings. The predicted molar refractivity (Wildman–Crippen MR) is 42.0 cm³/mol. The van der Waals surface area contributed by atoms with Gasteiger partial charge in [-0.3, -0.25) is 4.52 Å². The van der Waals surface area contributed by atoms with E-state index in [-0.39, 0.29) is 0 Å². The van der Waals surface area contributed by atoms with Gasteiger partial charge < -0.3 is 34.9 Å². The van der Waals surface area contributed by atoms with E-state index in [9.17, 15) is 9.67 Å². The van der Waals surface area contributed by atoms with Gasteiger partial charge in [0.1, 0.15) is 18.3 Å². The maximum absolute atomic E-state index is 10.4. The fraction of sp³-hybridized carbons (Fsp3) is 1.00. The zero-order chi connectivity index (χ0) is 11.8. The van der Waals surface area contributed by atoms with Gasteiger partial charge >= 0.3 is 7.82 Å². The van der Waals surface area contributed by atoms with E-state index < -0.39 is 38.7 Å². The molecular formula is C5H11O9P. The van der Waals surface area contributed by atoms with Gasteiger partial charge in [0.15, 0.2) is 6.29 Å². The average molecular weight is 246 g/mol. The Bertz CT molecular complexity index is 263. The summed E-state index contributed by atoms with van der Waals surface area (Å²) >= 11 is 0. The molecule has 15 heavy (non-hydrogen) atoms. The summed E-state index contributed by atoms with van der Waals surface area (Å²) in [5.41, 5.74) is 0. The Morgan fingerprint density at radius 1 is 1.00 bits per heavy atom. The molecule has 0 spiro atoms. The molecule has 0 radical (unpaired) electrons. The van der Waals surface area contributed by atoms with Crippen LogP contribution >= 0.6 is 7.82 Å². The van der Waals surface area contributed by atoms with Crippen molar-refractivity contribution in [2.75, 3.05) is 0 Å². The molecule has 1 rings (SSSR count). The minimum absolute atomic E-state index is 1.78. The summed E-state index contributed by atoms with van der Waals surface area (Å²) in [6.45, 7) is 0. The van der Waals surface area contributed by atoms with Gasteiger partial charge in [0.25, 0.3) is 0 Å². The Hall–Kier alpha value is -0.0900. The molecule has 0 amide bonds. The number of hydrogen-bond donors (Lipinski definition) is 6. The van der Waals surface area contributed by atoms with E-state index >= 15 is 0 Å². The fourth-order valence-corrected chi connectivity index (χ4v) is 1.50. The van der Waals surface area contributed by atoms with Gasteiger partial charge in [0.05, 0.1) is 0 Å². The summed E-state index contributed by atoms with van der Waals surface area (Å²) in [5.74, 6) is 0. The third-order valence-corrected chi connectivity index (χ3v) is 2.27. The van der Waals surface area contributed by atoms with Crippen LogP contribution in [0.1, 0.15) is 0 Å². The number of rotatable bonds is 2. The highest BCUT2D eigenvalue weighted by Crippen LogP contribution is 2.40. The maximum Gasteiger partial charge on any atom is 0.472 e. The van der Waals surface area contributed by atoms with Crippen molar-refractivity contribution in [2.24, 2.45) is 0 Å². The van der Waals surface area contributed by atoms with Gasteiger partial charge in [-0.05, 0) is 0 Å². The summed E-state index contributed by atoms with van der Waals surface area (Å²) in [4.78, 5) is 16.8. The molecule has 1 saturated heterocycles. The molecule has 0 aliphatic carbocycles. The molecule has 90 valence electrons. The monoisotopic (exact) mass is 246 g/mol. The van der Waals surface area contributed by atoms with Crippen molar-refractivity contribution < 1.29 is 44.0 Å². The highest BCUT2D eigenvalue weighted by molar-refractivity contribution is 7.46. The Labute approximate surface area is 83.7 Å². The summed E-state index contributed by atoms with van der Waals surface area (Å²) in [6, 6.07) is 0. The van der Waals surface area contributed by atoms with Gasteiger partial charge in [-0.2, -0.15) is 0 Å². The average Bonchev–Trinajstić information content (AvgIpc) is 2.08. The Kier molecular flexibility index (Phi) is 3.82. The molecule has 0 aromatic rings. The third-order valence-electron chi connectivity index (χ3n) is 1.79. The zero-order valence-electron chi connectivity index (χ0n) is 7.24. The largest absolute Gasteiger partial charge is 0.472 e. The van der Waals surface area contributed by atoms with Crippen molar-refractivity contribution in [3.8, 4) is 0 Å². The third kappa shape index (κ3) is 3.18. The highest BCUT2D eigenvalue weighted by Gasteiger charge is 2.45. The Balaban J connectivity index is 2.71. The smallest absolute Gasteiger partial charge is 0.387 e. The van der Waals surface area contributed by atoms with Crippen LogP contribution < -0.4 is 0 Å². The molecule has 1 aliphatic heterocycles. The van der Waals surface area contributed by atoms with Gasteiger partial charge in [-0.1, -0.05) is 0 Å². The van der Waals surface area contributed by atoms with Crippen LogP contribution in [0.5, 0.6) is 0 Å². The molecule has 5 atom stereocenters. The van der Waals surface area contributed by atoms with Crippen LogP contribution in [0.4, 0.5) is 0 Å². The highest BCUT2D eigenvalue weighted by atomic mass is 31.2. The van der Waals surface area contributed by atoms with Crippen molar-refractivity contribution in [3.05, 3.63) is 0 Å². The van der Waals surface area contributed by atoms with Crippen LogP contribution in [0.2, 0.25) is 0 Å². The molecule has 0 aromatic heterocycles. The van der Waals surface area contributed by atoms with Crippen LogP contribution in [-0.2, 0) is 13.8 Å². The van der Waals surface area contributed by atoms with Gasteiger partial charge in [0.2, 0.25) is 6.29 Å². The van der Waals surface area contributed by atoms with Crippen molar-refractivity contribution in [1.29, 1.82) is 0 Å². The number of phosphoric acid groups is 1. The molecule has 5 unspecified atom stereocenters. The van der Waals surface area contributed by atoms with E-state index in [1.165, 1.54) is 0 Å². The molecular weight excluding hydrogens is 235 g/mol. The predicted octanol–water partition coefficient (Wildman–Crippen LogP) is -3.15. The van der Waals surface area contributed by atoms with Crippen LogP contribution in [0.3, 0.4) is 0 Å². The van der Waals surface area contributed by atoms with E-state index in [1.807, 2.05) is 0 Å². The number of ether oxygens (including phenoxy) is 1. The first-order valence-corrected chi connectivity index (χ1v) is 5.37. The molecule has 6 N–H and O–H groups in total. The van der Waals surface area contributed by atoms with Crippen molar-refractivity contribution in [1.82, 2.24) is 0 Å². The maximum atomic E-state index is 10.4.